The summed E-state index contributed by atoms with van der Waals surface area (Å²) >= 11 is 0. The highest BCUT2D eigenvalue weighted by molar-refractivity contribution is 5.31. The van der Waals surface area contributed by atoms with E-state index in [1.807, 2.05) is 0 Å². The van der Waals surface area contributed by atoms with Crippen LogP contribution in [0.4, 0.5) is 0 Å². The van der Waals surface area contributed by atoms with Gasteiger partial charge in [0.25, 0.3) is 0 Å². The molecular weight excluding hydrogens is 256 g/mol. The molecular formula is C19H34N2. The van der Waals surface area contributed by atoms with Crippen LogP contribution in [0.15, 0.2) is 18.2 Å². The Balaban J connectivity index is 2.76. The third-order valence-corrected chi connectivity index (χ3v) is 4.84. The Morgan fingerprint density at radius 3 is 2.14 bits per heavy atom. The molecule has 0 bridgehead atoms. The molecule has 1 unspecified atom stereocenters. The lowest BCUT2D eigenvalue weighted by molar-refractivity contribution is 0.213. The summed E-state index contributed by atoms with van der Waals surface area (Å²) in [5, 5.41) is 3.50. The van der Waals surface area contributed by atoms with Gasteiger partial charge in [-0.25, -0.2) is 0 Å². The topological polar surface area (TPSA) is 15.3 Å². The Kier molecular flexibility index (Phi) is 7.98. The van der Waals surface area contributed by atoms with Crippen molar-refractivity contribution in [1.29, 1.82) is 0 Å². The normalized spacial score (nSPS) is 13.1. The first kappa shape index (κ1) is 18.2. The molecule has 2 nitrogen and oxygen atoms in total. The fraction of sp³-hybridized carbons (Fsp3) is 0.684. The number of likely N-dealkylation sites (N-methyl/N-ethyl adjacent to an activating group) is 2. The number of nitrogens with zero attached hydrogens (tertiary/aromatic N) is 1. The van der Waals surface area contributed by atoms with Gasteiger partial charge in [-0.3, -0.25) is 0 Å². The van der Waals surface area contributed by atoms with Crippen LogP contribution >= 0.6 is 0 Å². The van der Waals surface area contributed by atoms with Crippen molar-refractivity contribution in [3.05, 3.63) is 34.9 Å². The van der Waals surface area contributed by atoms with Gasteiger partial charge in [0.1, 0.15) is 0 Å². The Labute approximate surface area is 131 Å². The minimum Gasteiger partial charge on any atom is -0.312 e. The van der Waals surface area contributed by atoms with Gasteiger partial charge >= 0.3 is 0 Å². The van der Waals surface area contributed by atoms with Crippen LogP contribution in [-0.2, 0) is 0 Å². The van der Waals surface area contributed by atoms with Crippen molar-refractivity contribution in [3.8, 4) is 0 Å². The molecule has 0 spiro atoms. The van der Waals surface area contributed by atoms with Crippen LogP contribution in [0.25, 0.3) is 0 Å². The largest absolute Gasteiger partial charge is 0.312 e. The van der Waals surface area contributed by atoms with Gasteiger partial charge in [0.15, 0.2) is 0 Å². The summed E-state index contributed by atoms with van der Waals surface area (Å²) in [5.41, 5.74) is 4.16. The van der Waals surface area contributed by atoms with E-state index in [4.69, 9.17) is 0 Å². The third kappa shape index (κ3) is 5.44. The number of benzene rings is 1. The summed E-state index contributed by atoms with van der Waals surface area (Å²) in [4.78, 5) is 2.59. The second kappa shape index (κ2) is 9.22. The van der Waals surface area contributed by atoms with Crippen LogP contribution in [0, 0.1) is 19.8 Å². The summed E-state index contributed by atoms with van der Waals surface area (Å²) in [6.45, 7) is 14.7. The lowest BCUT2D eigenvalue weighted by Gasteiger charge is -2.29. The summed E-state index contributed by atoms with van der Waals surface area (Å²) in [6.07, 6.45) is 2.56. The predicted octanol–water partition coefficient (Wildman–Crippen LogP) is 4.32. The number of nitrogens with one attached hydrogen (secondary N) is 1. The van der Waals surface area contributed by atoms with Crippen molar-refractivity contribution in [2.75, 3.05) is 26.7 Å². The van der Waals surface area contributed by atoms with Gasteiger partial charge in [-0.05, 0) is 50.0 Å². The molecule has 120 valence electrons. The van der Waals surface area contributed by atoms with Crippen LogP contribution in [-0.4, -0.2) is 31.6 Å². The molecule has 0 aliphatic rings. The highest BCUT2D eigenvalue weighted by Crippen LogP contribution is 2.19. The Hall–Kier alpha value is -0.860. The zero-order valence-corrected chi connectivity index (χ0v) is 14.9. The zero-order chi connectivity index (χ0) is 15.8. The van der Waals surface area contributed by atoms with Gasteiger partial charge in [-0.15, -0.1) is 0 Å². The average molecular weight is 290 g/mol. The van der Waals surface area contributed by atoms with Crippen molar-refractivity contribution < 1.29 is 0 Å². The van der Waals surface area contributed by atoms with E-state index in [2.05, 4.69) is 70.1 Å². The van der Waals surface area contributed by atoms with Crippen LogP contribution < -0.4 is 5.32 Å². The van der Waals surface area contributed by atoms with Crippen molar-refractivity contribution in [2.45, 2.75) is 53.5 Å². The molecule has 1 aromatic carbocycles. The molecule has 1 aromatic rings. The summed E-state index contributed by atoms with van der Waals surface area (Å²) in [7, 11) is 2.07. The molecule has 0 fully saturated rings. The minimum absolute atomic E-state index is 0.415. The SMILES string of the molecule is CCC(CC)CN(CC)CC(NC)c1ccc(C)c(C)c1. The first-order valence-corrected chi connectivity index (χ1v) is 8.52. The van der Waals surface area contributed by atoms with Crippen LogP contribution in [0.5, 0.6) is 0 Å². The van der Waals surface area contributed by atoms with Crippen LogP contribution in [0.3, 0.4) is 0 Å². The number of hydrogen-bond donors (Lipinski definition) is 1. The fourth-order valence-electron chi connectivity index (χ4n) is 2.85. The molecule has 21 heavy (non-hydrogen) atoms. The second-order valence-corrected chi connectivity index (χ2v) is 6.22. The molecule has 0 aliphatic carbocycles. The van der Waals surface area contributed by atoms with Crippen molar-refractivity contribution >= 4 is 0 Å². The Bertz CT molecular complexity index is 410. The molecule has 0 heterocycles. The molecule has 0 amide bonds. The second-order valence-electron chi connectivity index (χ2n) is 6.22. The monoisotopic (exact) mass is 290 g/mol. The van der Waals surface area contributed by atoms with Crippen molar-refractivity contribution in [2.24, 2.45) is 5.92 Å². The highest BCUT2D eigenvalue weighted by Gasteiger charge is 2.16. The van der Waals surface area contributed by atoms with E-state index < -0.39 is 0 Å². The first-order chi connectivity index (χ1) is 10.0. The molecule has 0 saturated carbocycles. The molecule has 2 heteroatoms. The van der Waals surface area contributed by atoms with Gasteiger partial charge in [-0.1, -0.05) is 51.8 Å². The third-order valence-electron chi connectivity index (χ3n) is 4.84. The lowest BCUT2D eigenvalue weighted by atomic mass is 9.99. The van der Waals surface area contributed by atoms with Crippen molar-refractivity contribution in [1.82, 2.24) is 10.2 Å². The molecule has 0 aromatic heterocycles. The highest BCUT2D eigenvalue weighted by atomic mass is 15.1. The molecule has 1 atom stereocenters. The van der Waals surface area contributed by atoms with E-state index >= 15 is 0 Å². The molecule has 0 radical (unpaired) electrons. The van der Waals surface area contributed by atoms with E-state index in [0.717, 1.165) is 19.0 Å². The van der Waals surface area contributed by atoms with E-state index in [1.165, 1.54) is 36.1 Å². The summed E-state index contributed by atoms with van der Waals surface area (Å²) in [5.74, 6) is 0.821. The maximum Gasteiger partial charge on any atom is 0.0446 e. The molecule has 1 N–H and O–H groups in total. The number of hydrogen-bond acceptors (Lipinski definition) is 2. The minimum atomic E-state index is 0.415. The van der Waals surface area contributed by atoms with Gasteiger partial charge < -0.3 is 10.2 Å². The summed E-state index contributed by atoms with van der Waals surface area (Å²) in [6, 6.07) is 7.26. The van der Waals surface area contributed by atoms with E-state index in [9.17, 15) is 0 Å². The Morgan fingerprint density at radius 2 is 1.67 bits per heavy atom. The zero-order valence-electron chi connectivity index (χ0n) is 14.9. The first-order valence-electron chi connectivity index (χ1n) is 8.52. The maximum absolute atomic E-state index is 3.50. The summed E-state index contributed by atoms with van der Waals surface area (Å²) < 4.78 is 0. The van der Waals surface area contributed by atoms with Gasteiger partial charge in [0.2, 0.25) is 0 Å². The fourth-order valence-corrected chi connectivity index (χ4v) is 2.85. The number of rotatable bonds is 9. The van der Waals surface area contributed by atoms with E-state index in [1.54, 1.807) is 0 Å². The standard InChI is InChI=1S/C19H34N2/c1-7-17(8-2)13-21(9-3)14-19(20-6)18-11-10-15(4)16(5)12-18/h10-12,17,19-20H,7-9,13-14H2,1-6H3. The van der Waals surface area contributed by atoms with Gasteiger partial charge in [0.05, 0.1) is 0 Å². The van der Waals surface area contributed by atoms with Crippen molar-refractivity contribution in [3.63, 3.8) is 0 Å². The molecule has 0 saturated heterocycles. The Morgan fingerprint density at radius 1 is 1.00 bits per heavy atom. The van der Waals surface area contributed by atoms with Gasteiger partial charge in [0, 0.05) is 19.1 Å². The maximum atomic E-state index is 3.50. The van der Waals surface area contributed by atoms with Gasteiger partial charge in [-0.2, -0.15) is 0 Å². The van der Waals surface area contributed by atoms with Crippen LogP contribution in [0.2, 0.25) is 0 Å². The van der Waals surface area contributed by atoms with E-state index in [0.29, 0.717) is 6.04 Å². The smallest absolute Gasteiger partial charge is 0.0446 e. The number of aryl methyl sites for hydroxylation is 2. The quantitative estimate of drug-likeness (QED) is 0.728. The molecule has 0 aliphatic heterocycles. The molecule has 1 rings (SSSR count). The van der Waals surface area contributed by atoms with Crippen LogP contribution in [0.1, 0.15) is 56.3 Å². The predicted molar refractivity (Wildman–Crippen MR) is 93.9 cm³/mol. The average Bonchev–Trinajstić information content (AvgIpc) is 2.50. The van der Waals surface area contributed by atoms with E-state index in [-0.39, 0.29) is 0 Å². The lowest BCUT2D eigenvalue weighted by Crippen LogP contribution is -2.36.